The van der Waals surface area contributed by atoms with Crippen LogP contribution < -0.4 is 44.1 Å². The van der Waals surface area contributed by atoms with Crippen molar-refractivity contribution < 1.29 is 28.5 Å². The molecular weight excluding hydrogens is 447 g/mol. The second-order valence-electron chi connectivity index (χ2n) is 7.17. The lowest BCUT2D eigenvalue weighted by atomic mass is 10.1. The molecule has 0 saturated heterocycles. The van der Waals surface area contributed by atoms with Crippen molar-refractivity contribution in [3.8, 4) is 0 Å². The third-order valence-electron chi connectivity index (χ3n) is 4.96. The Morgan fingerprint density at radius 2 is 1.56 bits per heavy atom. The molecule has 0 aliphatic heterocycles. The van der Waals surface area contributed by atoms with Gasteiger partial charge in [0.05, 0.1) is 0 Å². The van der Waals surface area contributed by atoms with Gasteiger partial charge in [-0.25, -0.2) is 0 Å². The summed E-state index contributed by atoms with van der Waals surface area (Å²) in [6, 6.07) is 15.9. The van der Waals surface area contributed by atoms with Gasteiger partial charge in [-0.2, -0.15) is 4.57 Å². The highest BCUT2D eigenvalue weighted by Gasteiger charge is 2.16. The molecule has 1 aromatic heterocycles. The Bertz CT molecular complexity index is 892. The second kappa shape index (κ2) is 10.2. The Morgan fingerprint density at radius 1 is 0.852 bits per heavy atom. The number of rotatable bonds is 8. The minimum Gasteiger partial charge on any atom is -1.00 e. The van der Waals surface area contributed by atoms with Crippen LogP contribution in [0.5, 0.6) is 0 Å². The summed E-state index contributed by atoms with van der Waals surface area (Å²) in [5.74, 6) is 0. The van der Waals surface area contributed by atoms with Gasteiger partial charge in [0.1, 0.15) is 6.54 Å². The highest BCUT2D eigenvalue weighted by molar-refractivity contribution is 5.90. The fourth-order valence-corrected chi connectivity index (χ4v) is 3.54. The van der Waals surface area contributed by atoms with Crippen LogP contribution >= 0.6 is 0 Å². The van der Waals surface area contributed by atoms with Gasteiger partial charge in [0.25, 0.3) is 0 Å². The highest BCUT2D eigenvalue weighted by atomic mass is 127. The molecule has 2 aromatic carbocycles. The number of nitrogens with one attached hydrogen (secondary N) is 2. The number of aryl methyl sites for hydroxylation is 1. The van der Waals surface area contributed by atoms with Crippen LogP contribution in [0.25, 0.3) is 21.8 Å². The van der Waals surface area contributed by atoms with Crippen molar-refractivity contribution in [2.45, 2.75) is 25.9 Å². The van der Waals surface area contributed by atoms with E-state index in [1.165, 1.54) is 45.9 Å². The maximum Gasteiger partial charge on any atom is 0.215 e. The van der Waals surface area contributed by atoms with Crippen molar-refractivity contribution in [1.82, 2.24) is 10.6 Å². The van der Waals surface area contributed by atoms with E-state index >= 15 is 0 Å². The van der Waals surface area contributed by atoms with Crippen LogP contribution in [0, 0.1) is 0 Å². The predicted octanol–water partition coefficient (Wildman–Crippen LogP) is 0.0695. The van der Waals surface area contributed by atoms with Crippen LogP contribution in [0.1, 0.15) is 18.4 Å². The van der Waals surface area contributed by atoms with E-state index in [1.807, 2.05) is 14.1 Å². The third kappa shape index (κ3) is 5.09. The standard InChI is InChI=1S/C22H31N4.HI/c1-23-11-5-6-12-26-21-13-17(16-24-2)7-8-18(21)14-19-9-10-20(25(3)4)15-22(19)26;/h7-10,13-15,23-24H,5-6,11-12,16H2,1-4H3;1H/q+1;/p-1. The lowest BCUT2D eigenvalue weighted by molar-refractivity contribution is -0.645. The number of hydrogen-bond donors (Lipinski definition) is 2. The van der Waals surface area contributed by atoms with Gasteiger partial charge in [0, 0.05) is 55.7 Å². The molecule has 2 N–H and O–H groups in total. The molecule has 3 rings (SSSR count). The average molecular weight is 478 g/mol. The summed E-state index contributed by atoms with van der Waals surface area (Å²) in [7, 11) is 8.22. The van der Waals surface area contributed by atoms with E-state index in [4.69, 9.17) is 0 Å². The van der Waals surface area contributed by atoms with Gasteiger partial charge >= 0.3 is 0 Å². The van der Waals surface area contributed by atoms with Crippen LogP contribution in [0.4, 0.5) is 5.69 Å². The smallest absolute Gasteiger partial charge is 0.215 e. The van der Waals surface area contributed by atoms with E-state index < -0.39 is 0 Å². The van der Waals surface area contributed by atoms with Gasteiger partial charge in [-0.15, -0.1) is 0 Å². The molecule has 0 aliphatic carbocycles. The number of pyridine rings is 1. The number of hydrogen-bond acceptors (Lipinski definition) is 3. The predicted molar refractivity (Wildman–Crippen MR) is 112 cm³/mol. The molecule has 0 radical (unpaired) electrons. The second-order valence-corrected chi connectivity index (χ2v) is 7.17. The van der Waals surface area contributed by atoms with E-state index in [0.717, 1.165) is 19.6 Å². The summed E-state index contributed by atoms with van der Waals surface area (Å²) in [6.45, 7) is 3.00. The zero-order valence-corrected chi connectivity index (χ0v) is 19.0. The van der Waals surface area contributed by atoms with E-state index in [0.29, 0.717) is 0 Å². The van der Waals surface area contributed by atoms with Crippen LogP contribution in [0.3, 0.4) is 0 Å². The number of unbranched alkanes of at least 4 members (excludes halogenated alkanes) is 1. The third-order valence-corrected chi connectivity index (χ3v) is 4.96. The number of aromatic nitrogens is 1. The van der Waals surface area contributed by atoms with Crippen molar-refractivity contribution in [3.63, 3.8) is 0 Å². The highest BCUT2D eigenvalue weighted by Crippen LogP contribution is 2.23. The first-order valence-electron chi connectivity index (χ1n) is 9.50. The Labute approximate surface area is 180 Å². The van der Waals surface area contributed by atoms with Gasteiger partial charge in [-0.3, -0.25) is 0 Å². The molecule has 0 saturated carbocycles. The molecule has 3 aromatic rings. The number of nitrogens with zero attached hydrogens (tertiary/aromatic N) is 2. The summed E-state index contributed by atoms with van der Waals surface area (Å²) in [5.41, 5.74) is 5.21. The van der Waals surface area contributed by atoms with Crippen LogP contribution in [0.15, 0.2) is 42.5 Å². The molecule has 0 fully saturated rings. The summed E-state index contributed by atoms with van der Waals surface area (Å²) < 4.78 is 2.51. The van der Waals surface area contributed by atoms with Gasteiger partial charge in [0.2, 0.25) is 11.0 Å². The first kappa shape index (κ1) is 21.9. The van der Waals surface area contributed by atoms with E-state index in [1.54, 1.807) is 0 Å². The van der Waals surface area contributed by atoms with Gasteiger partial charge in [-0.1, -0.05) is 6.07 Å². The quantitative estimate of drug-likeness (QED) is 0.208. The molecule has 146 valence electrons. The lowest BCUT2D eigenvalue weighted by Gasteiger charge is -2.13. The SMILES string of the molecule is CNCCCC[n+]1c2cc(CNC)ccc2cc2ccc(N(C)C)cc21.[I-]. The first-order chi connectivity index (χ1) is 12.6. The van der Waals surface area contributed by atoms with Crippen molar-refractivity contribution in [2.75, 3.05) is 39.6 Å². The topological polar surface area (TPSA) is 31.2 Å². The molecule has 0 spiro atoms. The van der Waals surface area contributed by atoms with Crippen molar-refractivity contribution in [1.29, 1.82) is 0 Å². The first-order valence-corrected chi connectivity index (χ1v) is 9.50. The van der Waals surface area contributed by atoms with Gasteiger partial charge in [-0.05, 0) is 56.9 Å². The molecule has 0 unspecified atom stereocenters. The summed E-state index contributed by atoms with van der Waals surface area (Å²) in [4.78, 5) is 2.17. The molecule has 1 heterocycles. The number of fused-ring (bicyclic) bond motifs is 2. The maximum absolute atomic E-state index is 3.27. The van der Waals surface area contributed by atoms with Crippen molar-refractivity contribution in [3.05, 3.63) is 48.0 Å². The molecule has 0 atom stereocenters. The van der Waals surface area contributed by atoms with Gasteiger partial charge < -0.3 is 39.5 Å². The zero-order chi connectivity index (χ0) is 18.5. The minimum absolute atomic E-state index is 0. The normalized spacial score (nSPS) is 11.0. The maximum atomic E-state index is 3.27. The number of benzene rings is 2. The molecule has 0 amide bonds. The molecule has 5 heteroatoms. The summed E-state index contributed by atoms with van der Waals surface area (Å²) >= 11 is 0. The van der Waals surface area contributed by atoms with Crippen LogP contribution in [-0.2, 0) is 13.1 Å². The van der Waals surface area contributed by atoms with Crippen LogP contribution in [-0.4, -0.2) is 34.7 Å². The Kier molecular flexibility index (Phi) is 8.26. The fourth-order valence-electron chi connectivity index (χ4n) is 3.54. The van der Waals surface area contributed by atoms with E-state index in [9.17, 15) is 0 Å². The van der Waals surface area contributed by atoms with E-state index in [2.05, 4.69) is 76.7 Å². The number of anilines is 1. The Balaban J connectivity index is 0.00000261. The number of halogens is 1. The molecule has 4 nitrogen and oxygen atoms in total. The zero-order valence-electron chi connectivity index (χ0n) is 16.8. The van der Waals surface area contributed by atoms with Crippen molar-refractivity contribution in [2.24, 2.45) is 0 Å². The average Bonchev–Trinajstić information content (AvgIpc) is 2.64. The Morgan fingerprint density at radius 3 is 2.22 bits per heavy atom. The largest absolute Gasteiger partial charge is 1.00 e. The molecule has 0 bridgehead atoms. The van der Waals surface area contributed by atoms with Crippen LogP contribution in [0.2, 0.25) is 0 Å². The molecule has 27 heavy (non-hydrogen) atoms. The molecule has 0 aliphatic rings. The lowest BCUT2D eigenvalue weighted by Crippen LogP contribution is -3.00. The summed E-state index contributed by atoms with van der Waals surface area (Å²) in [5, 5.41) is 9.13. The molecular formula is C22H31IN4. The monoisotopic (exact) mass is 478 g/mol. The Hall–Kier alpha value is -1.44. The van der Waals surface area contributed by atoms with Gasteiger partial charge in [0.15, 0.2) is 0 Å². The minimum atomic E-state index is 0. The summed E-state index contributed by atoms with van der Waals surface area (Å²) in [6.07, 6.45) is 2.35. The fraction of sp³-hybridized carbons (Fsp3) is 0.409. The van der Waals surface area contributed by atoms with Crippen molar-refractivity contribution >= 4 is 27.5 Å². The van der Waals surface area contributed by atoms with E-state index in [-0.39, 0.29) is 24.0 Å².